The van der Waals surface area contributed by atoms with Crippen molar-refractivity contribution in [1.82, 2.24) is 0 Å². The SMILES string of the molecule is CC(O)C(C)C(=O)O.CCOC(=O)CO. The Kier molecular flexibility index (Phi) is 10.2. The van der Waals surface area contributed by atoms with Crippen LogP contribution in [-0.2, 0) is 14.3 Å². The Balaban J connectivity index is 0. The average molecular weight is 222 g/mol. The molecule has 0 radical (unpaired) electrons. The molecule has 0 spiro atoms. The highest BCUT2D eigenvalue weighted by molar-refractivity contribution is 5.70. The van der Waals surface area contributed by atoms with E-state index < -0.39 is 30.6 Å². The third kappa shape index (κ3) is 10.8. The van der Waals surface area contributed by atoms with Crippen LogP contribution in [0.15, 0.2) is 0 Å². The van der Waals surface area contributed by atoms with Crippen LogP contribution >= 0.6 is 0 Å². The predicted octanol–water partition coefficient (Wildman–Crippen LogP) is -0.370. The van der Waals surface area contributed by atoms with Crippen molar-refractivity contribution in [3.05, 3.63) is 0 Å². The molecule has 0 aliphatic carbocycles. The summed E-state index contributed by atoms with van der Waals surface area (Å²) in [6, 6.07) is 0. The van der Waals surface area contributed by atoms with E-state index in [4.69, 9.17) is 15.3 Å². The number of carbonyl (C=O) groups is 2. The van der Waals surface area contributed by atoms with Crippen molar-refractivity contribution in [3.63, 3.8) is 0 Å². The van der Waals surface area contributed by atoms with Crippen LogP contribution in [0.25, 0.3) is 0 Å². The van der Waals surface area contributed by atoms with Gasteiger partial charge < -0.3 is 20.1 Å². The van der Waals surface area contributed by atoms with E-state index in [2.05, 4.69) is 4.74 Å². The Morgan fingerprint density at radius 2 is 1.80 bits per heavy atom. The van der Waals surface area contributed by atoms with Gasteiger partial charge in [-0.1, -0.05) is 0 Å². The maximum absolute atomic E-state index is 9.98. The molecule has 3 N–H and O–H groups in total. The number of carbonyl (C=O) groups excluding carboxylic acids is 1. The Morgan fingerprint density at radius 3 is 1.87 bits per heavy atom. The summed E-state index contributed by atoms with van der Waals surface area (Å²) < 4.78 is 4.30. The van der Waals surface area contributed by atoms with Crippen molar-refractivity contribution in [2.75, 3.05) is 13.2 Å². The van der Waals surface area contributed by atoms with Gasteiger partial charge in [-0.05, 0) is 20.8 Å². The third-order valence-corrected chi connectivity index (χ3v) is 1.55. The Hall–Kier alpha value is -1.14. The number of carboxylic acid groups (broad SMARTS) is 1. The van der Waals surface area contributed by atoms with E-state index in [1.807, 2.05) is 0 Å². The molecule has 0 aromatic heterocycles. The molecule has 0 saturated heterocycles. The van der Waals surface area contributed by atoms with Gasteiger partial charge in [0.1, 0.15) is 6.61 Å². The van der Waals surface area contributed by atoms with E-state index in [9.17, 15) is 9.59 Å². The normalized spacial score (nSPS) is 13.1. The molecule has 0 aromatic carbocycles. The molecule has 0 bridgehead atoms. The zero-order valence-electron chi connectivity index (χ0n) is 9.14. The van der Waals surface area contributed by atoms with Gasteiger partial charge in [-0.2, -0.15) is 0 Å². The maximum Gasteiger partial charge on any atom is 0.331 e. The van der Waals surface area contributed by atoms with Crippen LogP contribution < -0.4 is 0 Å². The number of carboxylic acids is 1. The van der Waals surface area contributed by atoms with Gasteiger partial charge in [0, 0.05) is 0 Å². The topological polar surface area (TPSA) is 104 Å². The predicted molar refractivity (Wildman–Crippen MR) is 52.2 cm³/mol. The van der Waals surface area contributed by atoms with Crippen LogP contribution in [0, 0.1) is 5.92 Å². The van der Waals surface area contributed by atoms with Crippen molar-refractivity contribution >= 4 is 11.9 Å². The molecule has 0 fully saturated rings. The molecule has 0 saturated carbocycles. The van der Waals surface area contributed by atoms with Gasteiger partial charge in [0.15, 0.2) is 0 Å². The first kappa shape index (κ1) is 16.3. The number of hydrogen-bond donors (Lipinski definition) is 3. The highest BCUT2D eigenvalue weighted by atomic mass is 16.5. The summed E-state index contributed by atoms with van der Waals surface area (Å²) >= 11 is 0. The van der Waals surface area contributed by atoms with E-state index in [1.165, 1.54) is 13.8 Å². The van der Waals surface area contributed by atoms with E-state index in [1.54, 1.807) is 6.92 Å². The average Bonchev–Trinajstić information content (AvgIpc) is 2.17. The summed E-state index contributed by atoms with van der Waals surface area (Å²) in [4.78, 5) is 19.9. The number of hydrogen-bond acceptors (Lipinski definition) is 5. The van der Waals surface area contributed by atoms with Crippen molar-refractivity contribution in [1.29, 1.82) is 0 Å². The summed E-state index contributed by atoms with van der Waals surface area (Å²) in [7, 11) is 0. The molecule has 0 aromatic rings. The van der Waals surface area contributed by atoms with Gasteiger partial charge in [0.2, 0.25) is 0 Å². The van der Waals surface area contributed by atoms with Crippen molar-refractivity contribution in [2.24, 2.45) is 5.92 Å². The van der Waals surface area contributed by atoms with Crippen molar-refractivity contribution < 1.29 is 29.6 Å². The molecule has 0 heterocycles. The smallest absolute Gasteiger partial charge is 0.331 e. The first-order chi connectivity index (χ1) is 6.86. The molecular formula is C9H18O6. The maximum atomic E-state index is 9.98. The van der Waals surface area contributed by atoms with E-state index >= 15 is 0 Å². The van der Waals surface area contributed by atoms with Crippen LogP contribution in [0.1, 0.15) is 20.8 Å². The Morgan fingerprint density at radius 1 is 1.33 bits per heavy atom. The minimum absolute atomic E-state index is 0.333. The first-order valence-corrected chi connectivity index (χ1v) is 4.54. The van der Waals surface area contributed by atoms with E-state index in [-0.39, 0.29) is 0 Å². The molecular weight excluding hydrogens is 204 g/mol. The largest absolute Gasteiger partial charge is 0.481 e. The second kappa shape index (κ2) is 9.42. The molecule has 0 aliphatic heterocycles. The summed E-state index contributed by atoms with van der Waals surface area (Å²) in [5.74, 6) is -2.18. The van der Waals surface area contributed by atoms with Gasteiger partial charge in [-0.25, -0.2) is 4.79 Å². The molecule has 2 atom stereocenters. The minimum atomic E-state index is -0.958. The first-order valence-electron chi connectivity index (χ1n) is 4.54. The number of rotatable bonds is 4. The van der Waals surface area contributed by atoms with E-state index in [0.717, 1.165) is 0 Å². The summed E-state index contributed by atoms with van der Waals surface area (Å²) in [5.41, 5.74) is 0. The lowest BCUT2D eigenvalue weighted by Gasteiger charge is -2.06. The molecule has 2 unspecified atom stereocenters. The number of aliphatic carboxylic acids is 1. The number of esters is 1. The van der Waals surface area contributed by atoms with Gasteiger partial charge in [-0.15, -0.1) is 0 Å². The monoisotopic (exact) mass is 222 g/mol. The van der Waals surface area contributed by atoms with Gasteiger partial charge in [0.25, 0.3) is 0 Å². The highest BCUT2D eigenvalue weighted by Crippen LogP contribution is 1.99. The van der Waals surface area contributed by atoms with E-state index in [0.29, 0.717) is 6.61 Å². The summed E-state index contributed by atoms with van der Waals surface area (Å²) in [5, 5.41) is 24.8. The number of aliphatic hydroxyl groups excluding tert-OH is 2. The third-order valence-electron chi connectivity index (χ3n) is 1.55. The zero-order chi connectivity index (χ0) is 12.4. The van der Waals surface area contributed by atoms with Crippen LogP contribution in [0.3, 0.4) is 0 Å². The fourth-order valence-corrected chi connectivity index (χ4v) is 0.413. The fourth-order valence-electron chi connectivity index (χ4n) is 0.413. The Labute approximate surface area is 88.5 Å². The van der Waals surface area contributed by atoms with Crippen molar-refractivity contribution in [2.45, 2.75) is 26.9 Å². The molecule has 90 valence electrons. The minimum Gasteiger partial charge on any atom is -0.481 e. The molecule has 0 amide bonds. The van der Waals surface area contributed by atoms with Crippen LogP contribution in [0.2, 0.25) is 0 Å². The lowest BCUT2D eigenvalue weighted by Crippen LogP contribution is -2.21. The van der Waals surface area contributed by atoms with Crippen LogP contribution in [0.5, 0.6) is 0 Å². The lowest BCUT2D eigenvalue weighted by atomic mass is 10.1. The quantitative estimate of drug-likeness (QED) is 0.561. The number of aliphatic hydroxyl groups is 2. The fraction of sp³-hybridized carbons (Fsp3) is 0.778. The summed E-state index contributed by atoms with van der Waals surface area (Å²) in [6.45, 7) is 4.42. The van der Waals surface area contributed by atoms with Crippen molar-refractivity contribution in [3.8, 4) is 0 Å². The molecule has 6 heteroatoms. The second-order valence-corrected chi connectivity index (χ2v) is 2.83. The van der Waals surface area contributed by atoms with Gasteiger partial charge in [-0.3, -0.25) is 4.79 Å². The summed E-state index contributed by atoms with van der Waals surface area (Å²) in [6.07, 6.45) is -0.757. The number of ether oxygens (including phenoxy) is 1. The second-order valence-electron chi connectivity index (χ2n) is 2.83. The molecule has 0 aliphatic rings. The lowest BCUT2D eigenvalue weighted by molar-refractivity contribution is -0.146. The Bertz CT molecular complexity index is 189. The van der Waals surface area contributed by atoms with Gasteiger partial charge in [0.05, 0.1) is 18.6 Å². The highest BCUT2D eigenvalue weighted by Gasteiger charge is 2.15. The van der Waals surface area contributed by atoms with Crippen LogP contribution in [0.4, 0.5) is 0 Å². The standard InChI is InChI=1S/C5H10O3.C4H8O3/c1-3(4(2)6)5(7)8;1-2-7-4(6)3-5/h3-4,6H,1-2H3,(H,7,8);5H,2-3H2,1H3. The molecule has 15 heavy (non-hydrogen) atoms. The van der Waals surface area contributed by atoms with Crippen LogP contribution in [-0.4, -0.2) is 46.6 Å². The zero-order valence-corrected chi connectivity index (χ0v) is 9.14. The molecule has 0 rings (SSSR count). The molecule has 6 nitrogen and oxygen atoms in total. The van der Waals surface area contributed by atoms with Gasteiger partial charge >= 0.3 is 11.9 Å².